The van der Waals surface area contributed by atoms with E-state index in [0.717, 1.165) is 0 Å². The summed E-state index contributed by atoms with van der Waals surface area (Å²) in [7, 11) is 0. The summed E-state index contributed by atoms with van der Waals surface area (Å²) >= 11 is 5.66. The Morgan fingerprint density at radius 3 is 2.73 bits per heavy atom. The van der Waals surface area contributed by atoms with Crippen LogP contribution in [0.1, 0.15) is 31.1 Å². The lowest BCUT2D eigenvalue weighted by atomic mass is 9.99. The van der Waals surface area contributed by atoms with Crippen LogP contribution in [-0.4, -0.2) is 17.6 Å². The zero-order valence-electron chi connectivity index (χ0n) is 9.08. The number of halogens is 1. The summed E-state index contributed by atoms with van der Waals surface area (Å²) in [5.41, 5.74) is 0.395. The fraction of sp³-hybridized carbons (Fsp3) is 0.455. The van der Waals surface area contributed by atoms with E-state index < -0.39 is 0 Å². The molecule has 82 valence electrons. The molecular formula is C11H14ClNO2. The molecule has 3 nitrogen and oxygen atoms in total. The third-order valence-electron chi connectivity index (χ3n) is 1.60. The number of carbonyl (C=O) groups excluding carboxylic acids is 1. The first kappa shape index (κ1) is 12.0. The highest BCUT2D eigenvalue weighted by atomic mass is 35.5. The Labute approximate surface area is 94.4 Å². The van der Waals surface area contributed by atoms with Gasteiger partial charge in [0.2, 0.25) is 0 Å². The van der Waals surface area contributed by atoms with Crippen LogP contribution in [0.4, 0.5) is 0 Å². The summed E-state index contributed by atoms with van der Waals surface area (Å²) in [4.78, 5) is 15.3. The van der Waals surface area contributed by atoms with Crippen LogP contribution in [0.3, 0.4) is 0 Å². The number of hydrogen-bond acceptors (Lipinski definition) is 3. The van der Waals surface area contributed by atoms with Crippen molar-refractivity contribution in [3.8, 4) is 0 Å². The topological polar surface area (TPSA) is 39.2 Å². The van der Waals surface area contributed by atoms with Crippen molar-refractivity contribution in [2.24, 2.45) is 5.41 Å². The van der Waals surface area contributed by atoms with Crippen LogP contribution >= 0.6 is 11.6 Å². The van der Waals surface area contributed by atoms with Gasteiger partial charge in [-0.3, -0.25) is 0 Å². The van der Waals surface area contributed by atoms with Crippen molar-refractivity contribution < 1.29 is 9.53 Å². The lowest BCUT2D eigenvalue weighted by Crippen LogP contribution is -2.18. The Balaban J connectivity index is 2.62. The predicted octanol–water partition coefficient (Wildman–Crippen LogP) is 2.94. The van der Waals surface area contributed by atoms with Crippen molar-refractivity contribution in [3.05, 3.63) is 29.0 Å². The van der Waals surface area contributed by atoms with Crippen LogP contribution in [-0.2, 0) is 4.74 Å². The maximum atomic E-state index is 11.5. The average molecular weight is 228 g/mol. The molecule has 0 N–H and O–H groups in total. The molecule has 1 aromatic rings. The zero-order chi connectivity index (χ0) is 11.5. The summed E-state index contributed by atoms with van der Waals surface area (Å²) in [5, 5.41) is 0.292. The number of pyridine rings is 1. The van der Waals surface area contributed by atoms with Gasteiger partial charge in [0.05, 0.1) is 12.2 Å². The first-order valence-corrected chi connectivity index (χ1v) is 5.05. The highest BCUT2D eigenvalue weighted by Gasteiger charge is 2.15. The molecule has 1 heterocycles. The SMILES string of the molecule is CC(C)(C)COC(=O)c1ccnc(Cl)c1. The molecule has 1 aromatic heterocycles. The molecule has 1 rings (SSSR count). The van der Waals surface area contributed by atoms with Gasteiger partial charge in [-0.1, -0.05) is 32.4 Å². The molecule has 0 fully saturated rings. The van der Waals surface area contributed by atoms with Gasteiger partial charge in [-0.05, 0) is 17.5 Å². The van der Waals surface area contributed by atoms with E-state index in [1.54, 1.807) is 6.07 Å². The molecule has 0 atom stereocenters. The van der Waals surface area contributed by atoms with Gasteiger partial charge in [0, 0.05) is 6.20 Å². The summed E-state index contributed by atoms with van der Waals surface area (Å²) in [5.74, 6) is -0.366. The molecule has 0 aliphatic carbocycles. The second kappa shape index (κ2) is 4.62. The van der Waals surface area contributed by atoms with E-state index in [9.17, 15) is 4.79 Å². The second-order valence-corrected chi connectivity index (χ2v) is 4.89. The first-order chi connectivity index (χ1) is 6.88. The Morgan fingerprint density at radius 1 is 1.53 bits per heavy atom. The molecule has 0 spiro atoms. The van der Waals surface area contributed by atoms with E-state index >= 15 is 0 Å². The fourth-order valence-corrected chi connectivity index (χ4v) is 1.07. The zero-order valence-corrected chi connectivity index (χ0v) is 9.84. The number of hydrogen-bond donors (Lipinski definition) is 0. The Kier molecular flexibility index (Phi) is 3.69. The molecule has 0 aliphatic rings. The number of esters is 1. The molecular weight excluding hydrogens is 214 g/mol. The number of nitrogens with zero attached hydrogens (tertiary/aromatic N) is 1. The van der Waals surface area contributed by atoms with Crippen LogP contribution in [0.5, 0.6) is 0 Å². The molecule has 0 saturated carbocycles. The van der Waals surface area contributed by atoms with Crippen molar-refractivity contribution in [1.82, 2.24) is 4.98 Å². The minimum Gasteiger partial charge on any atom is -0.462 e. The van der Waals surface area contributed by atoms with Crippen molar-refractivity contribution in [1.29, 1.82) is 0 Å². The van der Waals surface area contributed by atoms with Crippen LogP contribution in [0.15, 0.2) is 18.3 Å². The molecule has 0 saturated heterocycles. The van der Waals surface area contributed by atoms with E-state index in [4.69, 9.17) is 16.3 Å². The van der Waals surface area contributed by atoms with Crippen molar-refractivity contribution >= 4 is 17.6 Å². The summed E-state index contributed by atoms with van der Waals surface area (Å²) < 4.78 is 5.12. The highest BCUT2D eigenvalue weighted by molar-refractivity contribution is 6.29. The Bertz CT molecular complexity index is 358. The maximum absolute atomic E-state index is 11.5. The molecule has 0 aliphatic heterocycles. The summed E-state index contributed by atoms with van der Waals surface area (Å²) in [6.45, 7) is 6.38. The van der Waals surface area contributed by atoms with E-state index in [1.165, 1.54) is 12.3 Å². The molecule has 0 bridgehead atoms. The molecule has 0 unspecified atom stereocenters. The number of aromatic nitrogens is 1. The van der Waals surface area contributed by atoms with E-state index in [2.05, 4.69) is 4.98 Å². The van der Waals surface area contributed by atoms with Gasteiger partial charge >= 0.3 is 5.97 Å². The van der Waals surface area contributed by atoms with E-state index in [1.807, 2.05) is 20.8 Å². The second-order valence-electron chi connectivity index (χ2n) is 4.50. The summed E-state index contributed by atoms with van der Waals surface area (Å²) in [6, 6.07) is 3.07. The normalized spacial score (nSPS) is 11.2. The molecule has 4 heteroatoms. The molecule has 0 aromatic carbocycles. The van der Waals surface area contributed by atoms with Crippen LogP contribution < -0.4 is 0 Å². The van der Waals surface area contributed by atoms with Gasteiger partial charge in [-0.15, -0.1) is 0 Å². The smallest absolute Gasteiger partial charge is 0.338 e. The van der Waals surface area contributed by atoms with Gasteiger partial charge in [0.25, 0.3) is 0 Å². The Morgan fingerprint density at radius 2 is 2.20 bits per heavy atom. The predicted molar refractivity (Wildman–Crippen MR) is 59.0 cm³/mol. The van der Waals surface area contributed by atoms with Crippen molar-refractivity contribution in [3.63, 3.8) is 0 Å². The fourth-order valence-electron chi connectivity index (χ4n) is 0.895. The molecule has 15 heavy (non-hydrogen) atoms. The first-order valence-electron chi connectivity index (χ1n) is 4.67. The number of carbonyl (C=O) groups is 1. The minimum atomic E-state index is -0.366. The maximum Gasteiger partial charge on any atom is 0.338 e. The number of rotatable bonds is 2. The standard InChI is InChI=1S/C11H14ClNO2/c1-11(2,3)7-15-10(14)8-4-5-13-9(12)6-8/h4-6H,7H2,1-3H3. The lowest BCUT2D eigenvalue weighted by Gasteiger charge is -2.17. The average Bonchev–Trinajstić information content (AvgIpc) is 2.13. The quantitative estimate of drug-likeness (QED) is 0.576. The minimum absolute atomic E-state index is 0.0352. The van der Waals surface area contributed by atoms with Crippen molar-refractivity contribution in [2.75, 3.05) is 6.61 Å². The third kappa shape index (κ3) is 4.30. The molecule has 0 amide bonds. The Hall–Kier alpha value is -1.09. The third-order valence-corrected chi connectivity index (χ3v) is 1.81. The lowest BCUT2D eigenvalue weighted by molar-refractivity contribution is 0.0367. The van der Waals surface area contributed by atoms with Crippen LogP contribution in [0.2, 0.25) is 5.15 Å². The number of ether oxygens (including phenoxy) is 1. The van der Waals surface area contributed by atoms with Gasteiger partial charge in [-0.2, -0.15) is 0 Å². The highest BCUT2D eigenvalue weighted by Crippen LogP contribution is 2.15. The van der Waals surface area contributed by atoms with E-state index in [-0.39, 0.29) is 11.4 Å². The van der Waals surface area contributed by atoms with Gasteiger partial charge in [0.15, 0.2) is 0 Å². The van der Waals surface area contributed by atoms with Crippen LogP contribution in [0, 0.1) is 5.41 Å². The van der Waals surface area contributed by atoms with Crippen molar-refractivity contribution in [2.45, 2.75) is 20.8 Å². The monoisotopic (exact) mass is 227 g/mol. The van der Waals surface area contributed by atoms with Gasteiger partial charge in [0.1, 0.15) is 5.15 Å². The molecule has 0 radical (unpaired) electrons. The van der Waals surface area contributed by atoms with E-state index in [0.29, 0.717) is 17.3 Å². The van der Waals surface area contributed by atoms with Gasteiger partial charge < -0.3 is 4.74 Å². The summed E-state index contributed by atoms with van der Waals surface area (Å²) in [6.07, 6.45) is 1.48. The largest absolute Gasteiger partial charge is 0.462 e. The van der Waals surface area contributed by atoms with Gasteiger partial charge in [-0.25, -0.2) is 9.78 Å². The van der Waals surface area contributed by atoms with Crippen LogP contribution in [0.25, 0.3) is 0 Å².